The highest BCUT2D eigenvalue weighted by Crippen LogP contribution is 2.04. The Balaban J connectivity index is 1.62. The zero-order valence-corrected chi connectivity index (χ0v) is 12.4. The first-order valence-corrected chi connectivity index (χ1v) is 7.30. The summed E-state index contributed by atoms with van der Waals surface area (Å²) >= 11 is 0. The molecule has 6 nitrogen and oxygen atoms in total. The lowest BCUT2D eigenvalue weighted by Crippen LogP contribution is -2.31. The Morgan fingerprint density at radius 2 is 2.10 bits per heavy atom. The molecule has 0 aliphatic carbocycles. The number of hydrogen-bond acceptors (Lipinski definition) is 4. The third kappa shape index (κ3) is 2.95. The average molecular weight is 284 g/mol. The fraction of sp³-hybridized carbons (Fsp3) is 0.400. The summed E-state index contributed by atoms with van der Waals surface area (Å²) in [7, 11) is 0. The second kappa shape index (κ2) is 6.05. The Labute approximate surface area is 123 Å². The lowest BCUT2D eigenvalue weighted by atomic mass is 10.3. The summed E-state index contributed by atoms with van der Waals surface area (Å²) in [5.74, 6) is 2.05. The second-order valence-corrected chi connectivity index (χ2v) is 5.18. The number of nitrogens with one attached hydrogen (secondary N) is 1. The molecule has 0 bridgehead atoms. The van der Waals surface area contributed by atoms with Gasteiger partial charge >= 0.3 is 0 Å². The molecule has 0 aromatic carbocycles. The number of pyridine rings is 1. The van der Waals surface area contributed by atoms with Crippen LogP contribution in [-0.2, 0) is 19.5 Å². The molecule has 1 unspecified atom stereocenters. The molecule has 0 aliphatic rings. The molecular formula is C15H20N6. The summed E-state index contributed by atoms with van der Waals surface area (Å²) in [6, 6.07) is 6.25. The van der Waals surface area contributed by atoms with Crippen LogP contribution >= 0.6 is 0 Å². The number of rotatable bonds is 6. The maximum absolute atomic E-state index is 4.35. The molecule has 3 heterocycles. The van der Waals surface area contributed by atoms with E-state index in [1.165, 1.54) is 0 Å². The number of imidazole rings is 1. The number of aryl methyl sites for hydroxylation is 1. The van der Waals surface area contributed by atoms with Crippen molar-refractivity contribution in [2.45, 2.75) is 39.4 Å². The molecule has 3 aromatic heterocycles. The van der Waals surface area contributed by atoms with Crippen molar-refractivity contribution in [2.24, 2.45) is 0 Å². The lowest BCUT2D eigenvalue weighted by Gasteiger charge is -2.15. The standard InChI is InChI=1S/C15H20N6/c1-3-13-16-7-9-20(13)11-12(2)17-10-15-19-18-14-6-4-5-8-21(14)15/h4-9,12,17H,3,10-11H2,1-2H3. The van der Waals surface area contributed by atoms with Crippen LogP contribution in [0.5, 0.6) is 0 Å². The largest absolute Gasteiger partial charge is 0.333 e. The minimum Gasteiger partial charge on any atom is -0.333 e. The van der Waals surface area contributed by atoms with Crippen LogP contribution in [-0.4, -0.2) is 30.2 Å². The van der Waals surface area contributed by atoms with Gasteiger partial charge in [-0.1, -0.05) is 13.0 Å². The molecule has 1 atom stereocenters. The van der Waals surface area contributed by atoms with E-state index in [-0.39, 0.29) is 0 Å². The molecule has 0 saturated carbocycles. The SMILES string of the molecule is CCc1nccn1CC(C)NCc1nnc2ccccn12. The normalized spacial score (nSPS) is 12.9. The molecule has 0 aliphatic heterocycles. The van der Waals surface area contributed by atoms with Crippen LogP contribution in [0.3, 0.4) is 0 Å². The minimum absolute atomic E-state index is 0.334. The first kappa shape index (κ1) is 13.8. The molecule has 0 amide bonds. The van der Waals surface area contributed by atoms with Gasteiger partial charge in [0.25, 0.3) is 0 Å². The minimum atomic E-state index is 0.334. The Bertz CT molecular complexity index is 714. The summed E-state index contributed by atoms with van der Waals surface area (Å²) in [6.45, 7) is 5.89. The number of nitrogens with zero attached hydrogens (tertiary/aromatic N) is 5. The van der Waals surface area contributed by atoms with Crippen LogP contribution in [0, 0.1) is 0 Å². The molecule has 0 saturated heterocycles. The van der Waals surface area contributed by atoms with E-state index in [1.54, 1.807) is 0 Å². The van der Waals surface area contributed by atoms with Crippen molar-refractivity contribution in [2.75, 3.05) is 0 Å². The van der Waals surface area contributed by atoms with Gasteiger partial charge in [0.05, 0.1) is 6.54 Å². The highest BCUT2D eigenvalue weighted by Gasteiger charge is 2.09. The zero-order valence-electron chi connectivity index (χ0n) is 12.4. The molecular weight excluding hydrogens is 264 g/mol. The zero-order chi connectivity index (χ0) is 14.7. The summed E-state index contributed by atoms with van der Waals surface area (Å²) in [5.41, 5.74) is 0.879. The molecule has 0 radical (unpaired) electrons. The van der Waals surface area contributed by atoms with E-state index in [1.807, 2.05) is 41.2 Å². The van der Waals surface area contributed by atoms with Crippen LogP contribution in [0.4, 0.5) is 0 Å². The lowest BCUT2D eigenvalue weighted by molar-refractivity contribution is 0.460. The van der Waals surface area contributed by atoms with E-state index in [0.29, 0.717) is 12.6 Å². The van der Waals surface area contributed by atoms with Crippen molar-refractivity contribution in [1.29, 1.82) is 0 Å². The monoisotopic (exact) mass is 284 g/mol. The van der Waals surface area contributed by atoms with Gasteiger partial charge in [0, 0.05) is 37.6 Å². The topological polar surface area (TPSA) is 60.0 Å². The molecule has 110 valence electrons. The van der Waals surface area contributed by atoms with Crippen LogP contribution in [0.1, 0.15) is 25.5 Å². The second-order valence-electron chi connectivity index (χ2n) is 5.18. The van der Waals surface area contributed by atoms with Crippen LogP contribution < -0.4 is 5.32 Å². The van der Waals surface area contributed by atoms with Crippen molar-refractivity contribution in [3.63, 3.8) is 0 Å². The van der Waals surface area contributed by atoms with Crippen molar-refractivity contribution < 1.29 is 0 Å². The number of hydrogen-bond donors (Lipinski definition) is 1. The predicted octanol–water partition coefficient (Wildman–Crippen LogP) is 1.67. The third-order valence-corrected chi connectivity index (χ3v) is 3.58. The molecule has 21 heavy (non-hydrogen) atoms. The summed E-state index contributed by atoms with van der Waals surface area (Å²) in [4.78, 5) is 4.35. The Morgan fingerprint density at radius 1 is 1.19 bits per heavy atom. The van der Waals surface area contributed by atoms with Gasteiger partial charge in [0.15, 0.2) is 11.5 Å². The van der Waals surface area contributed by atoms with E-state index < -0.39 is 0 Å². The third-order valence-electron chi connectivity index (χ3n) is 3.58. The molecule has 6 heteroatoms. The Hall–Kier alpha value is -2.21. The fourth-order valence-electron chi connectivity index (χ4n) is 2.46. The quantitative estimate of drug-likeness (QED) is 0.748. The van der Waals surface area contributed by atoms with Crippen molar-refractivity contribution in [3.8, 4) is 0 Å². The van der Waals surface area contributed by atoms with Crippen molar-refractivity contribution in [3.05, 3.63) is 48.4 Å². The van der Waals surface area contributed by atoms with Crippen LogP contribution in [0.25, 0.3) is 5.65 Å². The van der Waals surface area contributed by atoms with Gasteiger partial charge in [0.1, 0.15) is 5.82 Å². The van der Waals surface area contributed by atoms with Gasteiger partial charge < -0.3 is 9.88 Å². The van der Waals surface area contributed by atoms with E-state index in [4.69, 9.17) is 0 Å². The highest BCUT2D eigenvalue weighted by atomic mass is 15.3. The molecule has 3 rings (SSSR count). The Morgan fingerprint density at radius 3 is 2.95 bits per heavy atom. The molecule has 3 aromatic rings. The van der Waals surface area contributed by atoms with Gasteiger partial charge in [-0.05, 0) is 19.1 Å². The fourth-order valence-corrected chi connectivity index (χ4v) is 2.46. The van der Waals surface area contributed by atoms with E-state index in [2.05, 4.69) is 38.9 Å². The van der Waals surface area contributed by atoms with E-state index >= 15 is 0 Å². The Kier molecular flexibility index (Phi) is 3.96. The van der Waals surface area contributed by atoms with Crippen molar-refractivity contribution in [1.82, 2.24) is 29.5 Å². The summed E-state index contributed by atoms with van der Waals surface area (Å²) in [6.07, 6.45) is 6.83. The number of fused-ring (bicyclic) bond motifs is 1. The maximum Gasteiger partial charge on any atom is 0.160 e. The predicted molar refractivity (Wildman–Crippen MR) is 80.9 cm³/mol. The maximum atomic E-state index is 4.35. The first-order valence-electron chi connectivity index (χ1n) is 7.30. The van der Waals surface area contributed by atoms with Crippen LogP contribution in [0.2, 0.25) is 0 Å². The van der Waals surface area contributed by atoms with Gasteiger partial charge in [0.2, 0.25) is 0 Å². The summed E-state index contributed by atoms with van der Waals surface area (Å²) in [5, 5.41) is 11.9. The number of aromatic nitrogens is 5. The van der Waals surface area contributed by atoms with Gasteiger partial charge in [-0.15, -0.1) is 10.2 Å². The first-order chi connectivity index (χ1) is 10.3. The molecule has 1 N–H and O–H groups in total. The van der Waals surface area contributed by atoms with E-state index in [0.717, 1.165) is 30.3 Å². The highest BCUT2D eigenvalue weighted by molar-refractivity contribution is 5.36. The van der Waals surface area contributed by atoms with Gasteiger partial charge in [-0.25, -0.2) is 4.98 Å². The smallest absolute Gasteiger partial charge is 0.160 e. The van der Waals surface area contributed by atoms with Gasteiger partial charge in [-0.3, -0.25) is 4.40 Å². The van der Waals surface area contributed by atoms with Crippen LogP contribution in [0.15, 0.2) is 36.8 Å². The van der Waals surface area contributed by atoms with Gasteiger partial charge in [-0.2, -0.15) is 0 Å². The molecule has 0 spiro atoms. The van der Waals surface area contributed by atoms with Crippen molar-refractivity contribution >= 4 is 5.65 Å². The average Bonchev–Trinajstić information content (AvgIpc) is 3.11. The van der Waals surface area contributed by atoms with E-state index in [9.17, 15) is 0 Å². The summed E-state index contributed by atoms with van der Waals surface area (Å²) < 4.78 is 4.20. The molecule has 0 fully saturated rings.